The zero-order valence-corrected chi connectivity index (χ0v) is 12.1. The molecule has 0 aliphatic heterocycles. The molecule has 0 fully saturated rings. The van der Waals surface area contributed by atoms with E-state index in [1.807, 2.05) is 5.43 Å². The molecule has 24 heavy (non-hydrogen) atoms. The van der Waals surface area contributed by atoms with Gasteiger partial charge in [0, 0.05) is 12.1 Å². The molecular weight excluding hydrogens is 324 g/mol. The summed E-state index contributed by atoms with van der Waals surface area (Å²) < 4.78 is 4.94. The van der Waals surface area contributed by atoms with Gasteiger partial charge in [-0.15, -0.1) is 0 Å². The molecule has 2 amide bonds. The van der Waals surface area contributed by atoms with Crippen LogP contribution in [0.4, 0.5) is 11.4 Å². The number of hydrogen-bond donors (Lipinski definition) is 2. The van der Waals surface area contributed by atoms with E-state index >= 15 is 0 Å². The van der Waals surface area contributed by atoms with Crippen molar-refractivity contribution >= 4 is 23.2 Å². The number of furan rings is 1. The third-order valence-corrected chi connectivity index (χ3v) is 2.98. The van der Waals surface area contributed by atoms with Gasteiger partial charge >= 0.3 is 0 Å². The van der Waals surface area contributed by atoms with Crippen LogP contribution in [-0.4, -0.2) is 21.7 Å². The molecule has 0 saturated heterocycles. The SMILES string of the molecule is Cc1occc1C(=O)NNC(=O)c1cc([N+](=O)[O-])cc([N+](=O)[O-])c1. The maximum absolute atomic E-state index is 12.0. The Morgan fingerprint density at radius 1 is 1.00 bits per heavy atom. The quantitative estimate of drug-likeness (QED) is 0.633. The molecule has 0 bridgehead atoms. The molecule has 0 radical (unpaired) electrons. The number of non-ortho nitro benzene ring substituents is 2. The van der Waals surface area contributed by atoms with Gasteiger partial charge in [0.2, 0.25) is 0 Å². The van der Waals surface area contributed by atoms with Gasteiger partial charge in [0.05, 0.1) is 33.3 Å². The maximum Gasteiger partial charge on any atom is 0.277 e. The summed E-state index contributed by atoms with van der Waals surface area (Å²) in [4.78, 5) is 43.6. The van der Waals surface area contributed by atoms with Crippen molar-refractivity contribution in [2.24, 2.45) is 0 Å². The minimum Gasteiger partial charge on any atom is -0.469 e. The Bertz CT molecular complexity index is 810. The van der Waals surface area contributed by atoms with Crippen molar-refractivity contribution in [3.8, 4) is 0 Å². The van der Waals surface area contributed by atoms with Crippen LogP contribution in [0.15, 0.2) is 34.9 Å². The largest absolute Gasteiger partial charge is 0.469 e. The van der Waals surface area contributed by atoms with E-state index in [0.29, 0.717) is 5.76 Å². The van der Waals surface area contributed by atoms with E-state index in [2.05, 4.69) is 5.43 Å². The van der Waals surface area contributed by atoms with Crippen molar-refractivity contribution in [1.82, 2.24) is 10.9 Å². The van der Waals surface area contributed by atoms with Gasteiger partial charge < -0.3 is 4.42 Å². The van der Waals surface area contributed by atoms with Gasteiger partial charge in [-0.05, 0) is 13.0 Å². The van der Waals surface area contributed by atoms with Crippen LogP contribution in [-0.2, 0) is 0 Å². The summed E-state index contributed by atoms with van der Waals surface area (Å²) in [6.45, 7) is 1.54. The Labute approximate surface area is 133 Å². The predicted molar refractivity (Wildman–Crippen MR) is 78.1 cm³/mol. The van der Waals surface area contributed by atoms with Crippen molar-refractivity contribution in [3.63, 3.8) is 0 Å². The molecule has 0 spiro atoms. The van der Waals surface area contributed by atoms with E-state index in [0.717, 1.165) is 18.2 Å². The molecule has 0 aliphatic carbocycles. The fraction of sp³-hybridized carbons (Fsp3) is 0.0769. The molecule has 1 aromatic heterocycles. The lowest BCUT2D eigenvalue weighted by atomic mass is 10.1. The number of benzene rings is 1. The van der Waals surface area contributed by atoms with Crippen LogP contribution in [0.1, 0.15) is 26.5 Å². The highest BCUT2D eigenvalue weighted by atomic mass is 16.6. The highest BCUT2D eigenvalue weighted by molar-refractivity contribution is 6.00. The van der Waals surface area contributed by atoms with Crippen LogP contribution < -0.4 is 10.9 Å². The smallest absolute Gasteiger partial charge is 0.277 e. The summed E-state index contributed by atoms with van der Waals surface area (Å²) in [5, 5.41) is 21.6. The van der Waals surface area contributed by atoms with Gasteiger partial charge in [-0.25, -0.2) is 0 Å². The third kappa shape index (κ3) is 3.52. The number of carbonyl (C=O) groups excluding carboxylic acids is 2. The maximum atomic E-state index is 12.0. The molecule has 1 aromatic carbocycles. The second-order valence-electron chi connectivity index (χ2n) is 4.55. The van der Waals surface area contributed by atoms with Gasteiger partial charge in [0.25, 0.3) is 23.2 Å². The van der Waals surface area contributed by atoms with E-state index in [9.17, 15) is 29.8 Å². The molecule has 0 aliphatic rings. The van der Waals surface area contributed by atoms with Crippen LogP contribution in [0.3, 0.4) is 0 Å². The molecule has 2 N–H and O–H groups in total. The summed E-state index contributed by atoms with van der Waals surface area (Å²) in [6, 6.07) is 3.83. The molecule has 2 rings (SSSR count). The van der Waals surface area contributed by atoms with Crippen molar-refractivity contribution < 1.29 is 23.9 Å². The van der Waals surface area contributed by atoms with Crippen molar-refractivity contribution in [1.29, 1.82) is 0 Å². The first-order valence-electron chi connectivity index (χ1n) is 6.38. The Kier molecular flexibility index (Phi) is 4.54. The molecular formula is C13H10N4O7. The van der Waals surface area contributed by atoms with Crippen molar-refractivity contribution in [2.75, 3.05) is 0 Å². The predicted octanol–water partition coefficient (Wildman–Crippen LogP) is 1.48. The molecule has 0 unspecified atom stereocenters. The first-order chi connectivity index (χ1) is 11.3. The fourth-order valence-electron chi connectivity index (χ4n) is 1.81. The summed E-state index contributed by atoms with van der Waals surface area (Å²) >= 11 is 0. The zero-order chi connectivity index (χ0) is 17.9. The Balaban J connectivity index is 2.17. The van der Waals surface area contributed by atoms with Crippen LogP contribution in [0, 0.1) is 27.2 Å². The monoisotopic (exact) mass is 334 g/mol. The lowest BCUT2D eigenvalue weighted by Crippen LogP contribution is -2.41. The second kappa shape index (κ2) is 6.56. The number of hydrazine groups is 1. The zero-order valence-electron chi connectivity index (χ0n) is 12.1. The molecule has 0 saturated carbocycles. The van der Waals surface area contributed by atoms with Crippen LogP contribution in [0.25, 0.3) is 0 Å². The highest BCUT2D eigenvalue weighted by Gasteiger charge is 2.20. The number of nitrogens with one attached hydrogen (secondary N) is 2. The van der Waals surface area contributed by atoms with Gasteiger partial charge in [0.1, 0.15) is 5.76 Å². The number of nitro benzene ring substituents is 2. The number of rotatable bonds is 4. The van der Waals surface area contributed by atoms with E-state index in [4.69, 9.17) is 4.42 Å². The summed E-state index contributed by atoms with van der Waals surface area (Å²) in [6.07, 6.45) is 1.29. The molecule has 2 aromatic rings. The minimum absolute atomic E-state index is 0.181. The standard InChI is InChI=1S/C13H10N4O7/c1-7-11(2-3-24-7)13(19)15-14-12(18)8-4-9(16(20)21)6-10(5-8)17(22)23/h2-6H,1H3,(H,14,18)(H,15,19). The average molecular weight is 334 g/mol. The Hall–Kier alpha value is -3.76. The van der Waals surface area contributed by atoms with E-state index < -0.39 is 33.0 Å². The Morgan fingerprint density at radius 3 is 2.00 bits per heavy atom. The third-order valence-electron chi connectivity index (χ3n) is 2.98. The van der Waals surface area contributed by atoms with Gasteiger partial charge in [-0.1, -0.05) is 0 Å². The van der Waals surface area contributed by atoms with Crippen LogP contribution in [0.5, 0.6) is 0 Å². The first kappa shape index (κ1) is 16.6. The number of amides is 2. The summed E-state index contributed by atoms with van der Waals surface area (Å²) in [7, 11) is 0. The van der Waals surface area contributed by atoms with Gasteiger partial charge in [-0.3, -0.25) is 40.7 Å². The first-order valence-corrected chi connectivity index (χ1v) is 6.38. The lowest BCUT2D eigenvalue weighted by molar-refractivity contribution is -0.394. The molecule has 11 heteroatoms. The number of nitro groups is 2. The average Bonchev–Trinajstić information content (AvgIpc) is 2.97. The summed E-state index contributed by atoms with van der Waals surface area (Å²) in [5.74, 6) is -1.29. The van der Waals surface area contributed by atoms with Gasteiger partial charge in [-0.2, -0.15) is 0 Å². The number of carbonyl (C=O) groups is 2. The molecule has 0 atom stereocenters. The molecule has 1 heterocycles. The second-order valence-corrected chi connectivity index (χ2v) is 4.55. The van der Waals surface area contributed by atoms with E-state index in [-0.39, 0.29) is 11.1 Å². The topological polar surface area (TPSA) is 158 Å². The van der Waals surface area contributed by atoms with Crippen LogP contribution in [0.2, 0.25) is 0 Å². The number of nitrogens with zero attached hydrogens (tertiary/aromatic N) is 2. The molecule has 124 valence electrons. The van der Waals surface area contributed by atoms with Crippen molar-refractivity contribution in [2.45, 2.75) is 6.92 Å². The van der Waals surface area contributed by atoms with Crippen LogP contribution >= 0.6 is 0 Å². The van der Waals surface area contributed by atoms with E-state index in [1.165, 1.54) is 12.3 Å². The lowest BCUT2D eigenvalue weighted by Gasteiger charge is -2.07. The normalized spacial score (nSPS) is 10.0. The summed E-state index contributed by atoms with van der Waals surface area (Å²) in [5.41, 5.74) is 2.70. The van der Waals surface area contributed by atoms with Gasteiger partial charge in [0.15, 0.2) is 0 Å². The Morgan fingerprint density at radius 2 is 1.54 bits per heavy atom. The molecule has 11 nitrogen and oxygen atoms in total. The minimum atomic E-state index is -0.948. The van der Waals surface area contributed by atoms with Crippen molar-refractivity contribution in [3.05, 3.63) is 67.6 Å². The number of aryl methyl sites for hydroxylation is 1. The fourth-order valence-corrected chi connectivity index (χ4v) is 1.81. The highest BCUT2D eigenvalue weighted by Crippen LogP contribution is 2.22. The number of hydrogen-bond acceptors (Lipinski definition) is 7. The van der Waals surface area contributed by atoms with E-state index in [1.54, 1.807) is 6.92 Å².